The molecule has 0 N–H and O–H groups in total. The van der Waals surface area contributed by atoms with Crippen LogP contribution in [-0.4, -0.2) is 26.2 Å². The third-order valence-corrected chi connectivity index (χ3v) is 9.53. The average Bonchev–Trinajstić information content (AvgIpc) is 2.99. The highest BCUT2D eigenvalue weighted by Gasteiger charge is 2.25. The Morgan fingerprint density at radius 1 is 0.550 bits per heavy atom. The van der Waals surface area contributed by atoms with Gasteiger partial charge in [0.1, 0.15) is 5.69 Å². The van der Waals surface area contributed by atoms with Crippen LogP contribution in [0.2, 0.25) is 0 Å². The average molecular weight is 559 g/mol. The van der Waals surface area contributed by atoms with Crippen LogP contribution in [0.25, 0.3) is 0 Å². The molecule has 1 aromatic rings. The molecule has 0 aromatic carbocycles. The highest BCUT2D eigenvalue weighted by atomic mass is 15.5. The standard InChI is InChI=1S/C37H72N3/c1-9-17-22-33(13-5)28-38(29-34(14-6)23-18-10-2)37-26-21-27-39(32-37)40(30-35(15-7)24-19-11-3)31-36(16-8)25-20-12-4/h21,26-27,32-36H,9-20,22-25,28-31H2,1-8H3/q+1. The lowest BCUT2D eigenvalue weighted by Gasteiger charge is -2.32. The van der Waals surface area contributed by atoms with Crippen molar-refractivity contribution in [3.8, 4) is 0 Å². The molecular weight excluding hydrogens is 486 g/mol. The monoisotopic (exact) mass is 559 g/mol. The maximum absolute atomic E-state index is 2.78. The third kappa shape index (κ3) is 14.6. The Morgan fingerprint density at radius 3 is 1.27 bits per heavy atom. The minimum atomic E-state index is 0.771. The van der Waals surface area contributed by atoms with E-state index in [9.17, 15) is 0 Å². The quantitative estimate of drug-likeness (QED) is 0.105. The second-order valence-electron chi connectivity index (χ2n) is 12.9. The lowest BCUT2D eigenvalue weighted by atomic mass is 9.95. The number of rotatable bonds is 26. The van der Waals surface area contributed by atoms with Crippen LogP contribution in [0, 0.1) is 23.7 Å². The molecule has 4 atom stereocenters. The number of unbranched alkanes of at least 4 members (excludes halogenated alkanes) is 4. The summed E-state index contributed by atoms with van der Waals surface area (Å²) in [6.07, 6.45) is 26.0. The molecular formula is C37H72N3+. The number of hydrogen-bond acceptors (Lipinski definition) is 2. The van der Waals surface area contributed by atoms with Crippen molar-refractivity contribution < 1.29 is 4.68 Å². The van der Waals surface area contributed by atoms with Crippen LogP contribution in [0.15, 0.2) is 24.5 Å². The zero-order valence-electron chi connectivity index (χ0n) is 28.6. The molecule has 0 aliphatic carbocycles. The molecule has 0 aliphatic rings. The maximum Gasteiger partial charge on any atom is 0.222 e. The number of hydrogen-bond donors (Lipinski definition) is 0. The predicted molar refractivity (Wildman–Crippen MR) is 180 cm³/mol. The summed E-state index contributed by atoms with van der Waals surface area (Å²) in [7, 11) is 0. The van der Waals surface area contributed by atoms with Crippen LogP contribution >= 0.6 is 0 Å². The van der Waals surface area contributed by atoms with Crippen LogP contribution in [-0.2, 0) is 0 Å². The van der Waals surface area contributed by atoms with Gasteiger partial charge in [0.05, 0.1) is 13.1 Å². The second-order valence-corrected chi connectivity index (χ2v) is 12.9. The van der Waals surface area contributed by atoms with Crippen molar-refractivity contribution in [2.24, 2.45) is 23.7 Å². The van der Waals surface area contributed by atoms with Crippen LogP contribution in [0.3, 0.4) is 0 Å². The van der Waals surface area contributed by atoms with Gasteiger partial charge in [0.25, 0.3) is 0 Å². The van der Waals surface area contributed by atoms with Gasteiger partial charge in [-0.1, -0.05) is 137 Å². The zero-order chi connectivity index (χ0) is 29.6. The first-order valence-corrected chi connectivity index (χ1v) is 18.0. The Labute approximate surface area is 252 Å². The fourth-order valence-electron chi connectivity index (χ4n) is 6.25. The van der Waals surface area contributed by atoms with Crippen LogP contribution in [0.1, 0.15) is 158 Å². The smallest absolute Gasteiger partial charge is 0.222 e. The topological polar surface area (TPSA) is 10.4 Å². The van der Waals surface area contributed by atoms with Gasteiger partial charge in [0.2, 0.25) is 6.20 Å². The van der Waals surface area contributed by atoms with Gasteiger partial charge < -0.3 is 4.90 Å². The van der Waals surface area contributed by atoms with Gasteiger partial charge in [0, 0.05) is 19.2 Å². The summed E-state index contributed by atoms with van der Waals surface area (Å²) in [6.45, 7) is 23.7. The molecule has 0 radical (unpaired) electrons. The Hall–Kier alpha value is -1.25. The van der Waals surface area contributed by atoms with Gasteiger partial charge in [0.15, 0.2) is 6.20 Å². The molecule has 0 spiro atoms. The Morgan fingerprint density at radius 2 is 0.925 bits per heavy atom. The van der Waals surface area contributed by atoms with E-state index in [1.54, 1.807) is 0 Å². The molecule has 1 aromatic heterocycles. The van der Waals surface area contributed by atoms with E-state index in [-0.39, 0.29) is 0 Å². The zero-order valence-corrected chi connectivity index (χ0v) is 28.6. The van der Waals surface area contributed by atoms with E-state index in [1.165, 1.54) is 135 Å². The number of anilines is 1. The first-order valence-electron chi connectivity index (χ1n) is 18.0. The summed E-state index contributed by atoms with van der Waals surface area (Å²) in [6, 6.07) is 4.73. The lowest BCUT2D eigenvalue weighted by molar-refractivity contribution is -0.694. The summed E-state index contributed by atoms with van der Waals surface area (Å²) in [5.74, 6) is 3.11. The fourth-order valence-corrected chi connectivity index (χ4v) is 6.25. The summed E-state index contributed by atoms with van der Waals surface area (Å²) in [4.78, 5) is 2.78. The van der Waals surface area contributed by atoms with Gasteiger partial charge in [-0.15, -0.1) is 0 Å². The molecule has 3 nitrogen and oxygen atoms in total. The van der Waals surface area contributed by atoms with Gasteiger partial charge in [-0.3, -0.25) is 0 Å². The highest BCUT2D eigenvalue weighted by Crippen LogP contribution is 2.24. The molecule has 4 unspecified atom stereocenters. The molecule has 0 saturated carbocycles. The molecule has 0 aliphatic heterocycles. The van der Waals surface area contributed by atoms with E-state index in [1.807, 2.05) is 0 Å². The molecule has 234 valence electrons. The van der Waals surface area contributed by atoms with Crippen molar-refractivity contribution in [2.75, 3.05) is 36.1 Å². The second kappa shape index (κ2) is 23.3. The normalized spacial score (nSPS) is 14.6. The van der Waals surface area contributed by atoms with Crippen molar-refractivity contribution in [1.29, 1.82) is 0 Å². The summed E-state index contributed by atoms with van der Waals surface area (Å²) in [5.41, 5.74) is 1.43. The summed E-state index contributed by atoms with van der Waals surface area (Å²) >= 11 is 0. The largest absolute Gasteiger partial charge is 0.366 e. The summed E-state index contributed by atoms with van der Waals surface area (Å²) < 4.78 is 2.51. The van der Waals surface area contributed by atoms with E-state index in [0.717, 1.165) is 23.7 Å². The number of nitrogens with zero attached hydrogens (tertiary/aromatic N) is 3. The minimum Gasteiger partial charge on any atom is -0.366 e. The molecule has 1 rings (SSSR count). The molecule has 3 heteroatoms. The third-order valence-electron chi connectivity index (χ3n) is 9.53. The van der Waals surface area contributed by atoms with Crippen molar-refractivity contribution in [2.45, 2.75) is 158 Å². The Bertz CT molecular complexity index is 613. The van der Waals surface area contributed by atoms with Crippen molar-refractivity contribution in [3.63, 3.8) is 0 Å². The SMILES string of the molecule is CCCCC(CC)CN(CC(CC)CCCC)c1ccc[n+](N(CC(CC)CCCC)CC(CC)CCCC)c1. The number of aromatic nitrogens is 1. The Balaban J connectivity index is 3.35. The van der Waals surface area contributed by atoms with Gasteiger partial charge in [-0.2, -0.15) is 5.01 Å². The van der Waals surface area contributed by atoms with E-state index >= 15 is 0 Å². The number of pyridine rings is 1. The fraction of sp³-hybridized carbons (Fsp3) is 0.865. The molecule has 0 amide bonds. The van der Waals surface area contributed by atoms with Crippen molar-refractivity contribution in [3.05, 3.63) is 24.5 Å². The van der Waals surface area contributed by atoms with E-state index in [2.05, 4.69) is 94.5 Å². The van der Waals surface area contributed by atoms with Crippen LogP contribution in [0.4, 0.5) is 5.69 Å². The highest BCUT2D eigenvalue weighted by molar-refractivity contribution is 5.42. The van der Waals surface area contributed by atoms with Crippen LogP contribution < -0.4 is 14.6 Å². The van der Waals surface area contributed by atoms with Gasteiger partial charge in [-0.25, -0.2) is 0 Å². The Kier molecular flexibility index (Phi) is 21.4. The van der Waals surface area contributed by atoms with E-state index in [0.29, 0.717) is 0 Å². The lowest BCUT2D eigenvalue weighted by Crippen LogP contribution is -2.60. The predicted octanol–water partition coefficient (Wildman–Crippen LogP) is 10.6. The molecule has 1 heterocycles. The van der Waals surface area contributed by atoms with Crippen LogP contribution in [0.5, 0.6) is 0 Å². The first kappa shape index (κ1) is 36.8. The van der Waals surface area contributed by atoms with E-state index < -0.39 is 0 Å². The van der Waals surface area contributed by atoms with Gasteiger partial charge >= 0.3 is 0 Å². The van der Waals surface area contributed by atoms with Gasteiger partial charge in [-0.05, 0) is 55.4 Å². The minimum absolute atomic E-state index is 0.771. The van der Waals surface area contributed by atoms with Crippen molar-refractivity contribution >= 4 is 5.69 Å². The first-order chi connectivity index (χ1) is 19.5. The molecule has 0 fully saturated rings. The van der Waals surface area contributed by atoms with Crippen molar-refractivity contribution in [1.82, 2.24) is 0 Å². The summed E-state index contributed by atoms with van der Waals surface area (Å²) in [5, 5.41) is 2.72. The van der Waals surface area contributed by atoms with E-state index in [4.69, 9.17) is 0 Å². The molecule has 0 bridgehead atoms. The maximum atomic E-state index is 2.78. The molecule has 40 heavy (non-hydrogen) atoms. The molecule has 0 saturated heterocycles.